The van der Waals surface area contributed by atoms with Gasteiger partial charge in [0.1, 0.15) is 11.9 Å². The number of amides is 1. The van der Waals surface area contributed by atoms with Crippen LogP contribution in [0.3, 0.4) is 0 Å². The van der Waals surface area contributed by atoms with Gasteiger partial charge in [-0.25, -0.2) is 9.48 Å². The minimum absolute atomic E-state index is 0.0726. The van der Waals surface area contributed by atoms with Crippen molar-refractivity contribution in [2.45, 2.75) is 25.4 Å². The van der Waals surface area contributed by atoms with Gasteiger partial charge >= 0.3 is 5.97 Å². The lowest BCUT2D eigenvalue weighted by molar-refractivity contribution is -0.122. The number of carbonyl (C=O) groups excluding carboxylic acids is 1. The third-order valence-corrected chi connectivity index (χ3v) is 7.63. The number of nitriles is 1. The number of nitrogens with one attached hydrogen (secondary N) is 1. The molecule has 0 spiro atoms. The number of hydrogen-bond donors (Lipinski definition) is 2. The third-order valence-electron chi connectivity index (χ3n) is 6.35. The molecule has 0 bridgehead atoms. The summed E-state index contributed by atoms with van der Waals surface area (Å²) < 4.78 is 1.58. The summed E-state index contributed by atoms with van der Waals surface area (Å²) in [5.41, 5.74) is 3.30. The number of rotatable bonds is 7. The van der Waals surface area contributed by atoms with E-state index in [9.17, 15) is 20.0 Å². The van der Waals surface area contributed by atoms with Crippen molar-refractivity contribution < 1.29 is 14.7 Å². The van der Waals surface area contributed by atoms with Crippen molar-refractivity contribution in [3.63, 3.8) is 0 Å². The molecule has 0 fully saturated rings. The fraction of sp³-hybridized carbons (Fsp3) is 0.185. The lowest BCUT2D eigenvalue weighted by Crippen LogP contribution is -2.40. The first-order valence-electron chi connectivity index (χ1n) is 11.6. The number of nitrogens with zero attached hydrogens (tertiary/aromatic N) is 4. The molecule has 0 radical (unpaired) electrons. The van der Waals surface area contributed by atoms with Crippen molar-refractivity contribution in [3.8, 4) is 11.8 Å². The Labute approximate surface area is 222 Å². The Balaban J connectivity index is 1.52. The molecule has 0 saturated carbocycles. The van der Waals surface area contributed by atoms with Crippen molar-refractivity contribution in [2.24, 2.45) is 0 Å². The summed E-state index contributed by atoms with van der Waals surface area (Å²) in [6.45, 7) is 1.27. The molecular weight excluding hydrogens is 510 g/mol. The number of carboxylic acid groups (broad SMARTS) is 1. The van der Waals surface area contributed by atoms with Gasteiger partial charge in [0.25, 0.3) is 0 Å². The van der Waals surface area contributed by atoms with E-state index in [0.29, 0.717) is 40.7 Å². The van der Waals surface area contributed by atoms with Crippen molar-refractivity contribution >= 4 is 40.6 Å². The van der Waals surface area contributed by atoms with Crippen LogP contribution in [0, 0.1) is 11.3 Å². The second-order valence-electron chi connectivity index (χ2n) is 8.65. The quantitative estimate of drug-likeness (QED) is 0.343. The number of aromatic carboxylic acids is 1. The summed E-state index contributed by atoms with van der Waals surface area (Å²) in [5, 5.41) is 28.8. The highest BCUT2D eigenvalue weighted by atomic mass is 35.5. The minimum Gasteiger partial charge on any atom is -0.478 e. The van der Waals surface area contributed by atoms with E-state index in [1.54, 1.807) is 58.6 Å². The maximum absolute atomic E-state index is 14.0. The first kappa shape index (κ1) is 24.7. The molecule has 1 amide bonds. The summed E-state index contributed by atoms with van der Waals surface area (Å²) >= 11 is 7.76. The van der Waals surface area contributed by atoms with Gasteiger partial charge in [-0.15, -0.1) is 11.3 Å². The molecule has 0 aliphatic carbocycles. The zero-order chi connectivity index (χ0) is 25.9. The normalized spacial score (nSPS) is 13.9. The lowest BCUT2D eigenvalue weighted by Gasteiger charge is -2.34. The highest BCUT2D eigenvalue weighted by Crippen LogP contribution is 2.32. The molecule has 1 unspecified atom stereocenters. The third kappa shape index (κ3) is 5.13. The average Bonchev–Trinajstić information content (AvgIpc) is 3.52. The molecule has 8 nitrogen and oxygen atoms in total. The van der Waals surface area contributed by atoms with E-state index in [-0.39, 0.29) is 17.9 Å². The van der Waals surface area contributed by atoms with E-state index in [2.05, 4.69) is 32.8 Å². The Morgan fingerprint density at radius 2 is 1.92 bits per heavy atom. The zero-order valence-corrected chi connectivity index (χ0v) is 21.2. The molecule has 37 heavy (non-hydrogen) atoms. The fourth-order valence-corrected chi connectivity index (χ4v) is 5.54. The van der Waals surface area contributed by atoms with Crippen LogP contribution in [-0.2, 0) is 24.2 Å². The smallest absolute Gasteiger partial charge is 0.335 e. The van der Waals surface area contributed by atoms with Crippen LogP contribution in [0.5, 0.6) is 0 Å². The molecule has 1 aliphatic heterocycles. The first-order chi connectivity index (χ1) is 17.9. The highest BCUT2D eigenvalue weighted by Gasteiger charge is 2.32. The SMILES string of the molecule is N#CCc1cnn(-c2ccc(Cl)cc2)c1NC(=O)C(c1ccc(C(=O)O)cc1)N1CCc2sccc2C1. The van der Waals surface area contributed by atoms with Crippen LogP contribution in [0.15, 0.2) is 66.2 Å². The molecule has 5 rings (SSSR count). The van der Waals surface area contributed by atoms with Gasteiger partial charge in [0, 0.05) is 28.6 Å². The van der Waals surface area contributed by atoms with Crippen LogP contribution in [0.25, 0.3) is 5.69 Å². The van der Waals surface area contributed by atoms with E-state index >= 15 is 0 Å². The van der Waals surface area contributed by atoms with Gasteiger partial charge in [-0.05, 0) is 65.4 Å². The molecule has 2 N–H and O–H groups in total. The van der Waals surface area contributed by atoms with Crippen LogP contribution < -0.4 is 5.32 Å². The summed E-state index contributed by atoms with van der Waals surface area (Å²) in [5.74, 6) is -0.910. The van der Waals surface area contributed by atoms with E-state index in [4.69, 9.17) is 11.6 Å². The standard InChI is InChI=1S/C27H22ClN5O3S/c28-21-5-7-22(8-6-21)33-25(19(9-12-29)15-30-33)31-26(34)24(17-1-3-18(4-2-17)27(35)36)32-13-10-23-20(16-32)11-14-37-23/h1-8,11,14-15,24H,9-10,13,16H2,(H,31,34)(H,35,36). The van der Waals surface area contributed by atoms with Gasteiger partial charge in [-0.2, -0.15) is 10.4 Å². The van der Waals surface area contributed by atoms with Crippen LogP contribution in [0.4, 0.5) is 5.82 Å². The molecule has 4 aromatic rings. The number of halogens is 1. The molecular formula is C27H22ClN5O3S. The van der Waals surface area contributed by atoms with Crippen LogP contribution in [0.2, 0.25) is 5.02 Å². The first-order valence-corrected chi connectivity index (χ1v) is 12.8. The summed E-state index contributed by atoms with van der Waals surface area (Å²) in [6, 6.07) is 16.9. The maximum Gasteiger partial charge on any atom is 0.335 e. The maximum atomic E-state index is 14.0. The number of carbonyl (C=O) groups is 2. The van der Waals surface area contributed by atoms with E-state index in [0.717, 1.165) is 6.42 Å². The zero-order valence-electron chi connectivity index (χ0n) is 19.6. The minimum atomic E-state index is -1.03. The molecule has 3 heterocycles. The largest absolute Gasteiger partial charge is 0.478 e. The number of benzene rings is 2. The molecule has 186 valence electrons. The van der Waals surface area contributed by atoms with Crippen LogP contribution >= 0.6 is 22.9 Å². The number of thiophene rings is 1. The number of anilines is 1. The van der Waals surface area contributed by atoms with E-state index < -0.39 is 12.0 Å². The Kier molecular flexibility index (Phi) is 7.06. The second kappa shape index (κ2) is 10.6. The van der Waals surface area contributed by atoms with Crippen LogP contribution in [0.1, 0.15) is 38.0 Å². The highest BCUT2D eigenvalue weighted by molar-refractivity contribution is 7.10. The van der Waals surface area contributed by atoms with Gasteiger partial charge in [0.15, 0.2) is 0 Å². The summed E-state index contributed by atoms with van der Waals surface area (Å²) in [6.07, 6.45) is 2.47. The molecule has 10 heteroatoms. The Morgan fingerprint density at radius 1 is 1.16 bits per heavy atom. The Bertz CT molecular complexity index is 1490. The number of aromatic nitrogens is 2. The molecule has 1 aliphatic rings. The number of hydrogen-bond acceptors (Lipinski definition) is 6. The predicted octanol–water partition coefficient (Wildman–Crippen LogP) is 5.09. The van der Waals surface area contributed by atoms with E-state index in [1.807, 2.05) is 0 Å². The van der Waals surface area contributed by atoms with Gasteiger partial charge in [-0.1, -0.05) is 23.7 Å². The average molecular weight is 532 g/mol. The molecule has 1 atom stereocenters. The van der Waals surface area contributed by atoms with Crippen molar-refractivity contribution in [3.05, 3.63) is 98.3 Å². The fourth-order valence-electron chi connectivity index (χ4n) is 4.52. The molecule has 0 saturated heterocycles. The lowest BCUT2D eigenvalue weighted by atomic mass is 9.99. The summed E-state index contributed by atoms with van der Waals surface area (Å²) in [7, 11) is 0. The van der Waals surface area contributed by atoms with Gasteiger partial charge < -0.3 is 10.4 Å². The predicted molar refractivity (Wildman–Crippen MR) is 141 cm³/mol. The topological polar surface area (TPSA) is 111 Å². The summed E-state index contributed by atoms with van der Waals surface area (Å²) in [4.78, 5) is 28.8. The monoisotopic (exact) mass is 531 g/mol. The molecule has 2 aromatic heterocycles. The van der Waals surface area contributed by atoms with Crippen molar-refractivity contribution in [2.75, 3.05) is 11.9 Å². The number of fused-ring (bicyclic) bond motifs is 1. The van der Waals surface area contributed by atoms with E-state index in [1.165, 1.54) is 22.6 Å². The Hall–Kier alpha value is -3.97. The number of carboxylic acids is 1. The van der Waals surface area contributed by atoms with Crippen molar-refractivity contribution in [1.82, 2.24) is 14.7 Å². The van der Waals surface area contributed by atoms with Gasteiger partial charge in [0.2, 0.25) is 5.91 Å². The van der Waals surface area contributed by atoms with Crippen molar-refractivity contribution in [1.29, 1.82) is 5.26 Å². The Morgan fingerprint density at radius 3 is 2.62 bits per heavy atom. The van der Waals surface area contributed by atoms with Crippen LogP contribution in [-0.4, -0.2) is 38.2 Å². The second-order valence-corrected chi connectivity index (χ2v) is 10.1. The molecule has 2 aromatic carbocycles. The van der Waals surface area contributed by atoms with Gasteiger partial charge in [0.05, 0.1) is 29.9 Å². The van der Waals surface area contributed by atoms with Gasteiger partial charge in [-0.3, -0.25) is 9.69 Å².